The van der Waals surface area contributed by atoms with Crippen molar-refractivity contribution >= 4 is 29.3 Å². The first-order chi connectivity index (χ1) is 11.0. The molecule has 2 rings (SSSR count). The summed E-state index contributed by atoms with van der Waals surface area (Å²) in [6, 6.07) is 8.71. The van der Waals surface area contributed by atoms with Gasteiger partial charge < -0.3 is 10.4 Å². The molecule has 1 amide bonds. The fraction of sp³-hybridized carbons (Fsp3) is 0.235. The third kappa shape index (κ3) is 3.84. The second kappa shape index (κ2) is 7.19. The third-order valence-electron chi connectivity index (χ3n) is 3.54. The van der Waals surface area contributed by atoms with E-state index in [1.165, 1.54) is 17.4 Å². The van der Waals surface area contributed by atoms with Crippen LogP contribution in [0.5, 0.6) is 0 Å². The number of hydrogen-bond acceptors (Lipinski definition) is 4. The lowest BCUT2D eigenvalue weighted by Gasteiger charge is -2.29. The molecule has 1 atom stereocenters. The van der Waals surface area contributed by atoms with Crippen molar-refractivity contribution in [3.63, 3.8) is 0 Å². The summed E-state index contributed by atoms with van der Waals surface area (Å²) in [4.78, 5) is 28.2. The summed E-state index contributed by atoms with van der Waals surface area (Å²) in [5.41, 5.74) is -0.221. The van der Waals surface area contributed by atoms with Crippen molar-refractivity contribution in [1.82, 2.24) is 10.3 Å². The molecule has 0 aliphatic heterocycles. The first-order valence-corrected chi connectivity index (χ1v) is 8.07. The number of aliphatic carboxylic acids is 1. The predicted molar refractivity (Wildman–Crippen MR) is 90.1 cm³/mol. The van der Waals surface area contributed by atoms with E-state index in [4.69, 9.17) is 0 Å². The number of nitrogens with zero attached hydrogens (tertiary/aromatic N) is 1. The monoisotopic (exact) mass is 330 g/mol. The van der Waals surface area contributed by atoms with Crippen molar-refractivity contribution in [1.29, 1.82) is 0 Å². The Hall–Kier alpha value is -2.47. The summed E-state index contributed by atoms with van der Waals surface area (Å²) in [6.45, 7) is 3.61. The smallest absolute Gasteiger partial charge is 0.334 e. The van der Waals surface area contributed by atoms with Crippen molar-refractivity contribution in [2.75, 3.05) is 0 Å². The summed E-state index contributed by atoms with van der Waals surface area (Å²) in [7, 11) is 0. The number of hydrogen-bond donors (Lipinski definition) is 2. The number of aryl methyl sites for hydroxylation is 1. The fourth-order valence-corrected chi connectivity index (χ4v) is 2.87. The number of carbonyl (C=O) groups is 2. The zero-order valence-electron chi connectivity index (χ0n) is 12.9. The van der Waals surface area contributed by atoms with Gasteiger partial charge in [0, 0.05) is 11.5 Å². The van der Waals surface area contributed by atoms with Gasteiger partial charge in [-0.1, -0.05) is 37.3 Å². The van der Waals surface area contributed by atoms with Gasteiger partial charge in [-0.05, 0) is 25.0 Å². The Morgan fingerprint density at radius 3 is 2.57 bits per heavy atom. The number of benzene rings is 1. The van der Waals surface area contributed by atoms with Crippen LogP contribution in [-0.4, -0.2) is 22.0 Å². The van der Waals surface area contributed by atoms with Gasteiger partial charge in [-0.25, -0.2) is 9.78 Å². The van der Waals surface area contributed by atoms with Gasteiger partial charge in [0.15, 0.2) is 5.54 Å². The van der Waals surface area contributed by atoms with E-state index < -0.39 is 17.4 Å². The molecular weight excluding hydrogens is 312 g/mol. The Bertz CT molecular complexity index is 724. The summed E-state index contributed by atoms with van der Waals surface area (Å²) < 4.78 is 0. The summed E-state index contributed by atoms with van der Waals surface area (Å²) in [5, 5.41) is 15.0. The van der Waals surface area contributed by atoms with Crippen LogP contribution in [0.3, 0.4) is 0 Å². The number of carbonyl (C=O) groups excluding carboxylic acids is 1. The third-order valence-corrected chi connectivity index (χ3v) is 4.33. The van der Waals surface area contributed by atoms with Crippen molar-refractivity contribution in [3.05, 3.63) is 58.1 Å². The van der Waals surface area contributed by atoms with Gasteiger partial charge >= 0.3 is 5.97 Å². The average molecular weight is 330 g/mol. The molecule has 1 aromatic heterocycles. The largest absolute Gasteiger partial charge is 0.479 e. The number of carboxylic acids is 1. The van der Waals surface area contributed by atoms with E-state index in [1.807, 2.05) is 12.3 Å². The Kier molecular flexibility index (Phi) is 5.28. The minimum Gasteiger partial charge on any atom is -0.479 e. The van der Waals surface area contributed by atoms with Crippen molar-refractivity contribution in [2.45, 2.75) is 25.8 Å². The Morgan fingerprint density at radius 1 is 1.35 bits per heavy atom. The van der Waals surface area contributed by atoms with E-state index in [0.29, 0.717) is 11.3 Å². The molecule has 0 saturated carbocycles. The lowest BCUT2D eigenvalue weighted by atomic mass is 9.87. The summed E-state index contributed by atoms with van der Waals surface area (Å²) in [5.74, 6) is -1.55. The minimum absolute atomic E-state index is 0.238. The average Bonchev–Trinajstić information content (AvgIpc) is 2.97. The SMILES string of the molecule is CCC(NC(=O)C=Cc1csc(C)n1)(C(=O)O)c1ccccc1. The maximum absolute atomic E-state index is 12.2. The molecule has 0 saturated heterocycles. The molecule has 1 heterocycles. The van der Waals surface area contributed by atoms with Crippen molar-refractivity contribution in [2.24, 2.45) is 0 Å². The van der Waals surface area contributed by atoms with E-state index in [1.54, 1.807) is 43.3 Å². The second-order valence-corrected chi connectivity index (χ2v) is 6.11. The van der Waals surface area contributed by atoms with Crippen LogP contribution in [0.2, 0.25) is 0 Å². The molecule has 0 radical (unpaired) electrons. The van der Waals surface area contributed by atoms with Crippen LogP contribution in [0.15, 0.2) is 41.8 Å². The van der Waals surface area contributed by atoms with Crippen molar-refractivity contribution < 1.29 is 14.7 Å². The van der Waals surface area contributed by atoms with Gasteiger partial charge in [0.25, 0.3) is 0 Å². The van der Waals surface area contributed by atoms with Gasteiger partial charge in [-0.15, -0.1) is 11.3 Å². The molecule has 6 heteroatoms. The van der Waals surface area contributed by atoms with E-state index in [9.17, 15) is 14.7 Å². The standard InChI is InChI=1S/C17H18N2O3S/c1-3-17(16(21)22,13-7-5-4-6-8-13)19-15(20)10-9-14-11-23-12(2)18-14/h4-11H,3H2,1-2H3,(H,19,20)(H,21,22). The zero-order chi connectivity index (χ0) is 16.9. The zero-order valence-corrected chi connectivity index (χ0v) is 13.8. The second-order valence-electron chi connectivity index (χ2n) is 5.04. The number of carboxylic acid groups (broad SMARTS) is 1. The molecule has 5 nitrogen and oxygen atoms in total. The molecule has 0 spiro atoms. The summed E-state index contributed by atoms with van der Waals surface area (Å²) >= 11 is 1.49. The number of rotatable bonds is 6. The fourth-order valence-electron chi connectivity index (χ4n) is 2.29. The molecule has 1 aromatic carbocycles. The number of amides is 1. The highest BCUT2D eigenvalue weighted by Gasteiger charge is 2.39. The Morgan fingerprint density at radius 2 is 2.04 bits per heavy atom. The molecular formula is C17H18N2O3S. The van der Waals surface area contributed by atoms with Crippen molar-refractivity contribution in [3.8, 4) is 0 Å². The highest BCUT2D eigenvalue weighted by atomic mass is 32.1. The maximum Gasteiger partial charge on any atom is 0.334 e. The van der Waals surface area contributed by atoms with E-state index in [-0.39, 0.29) is 6.42 Å². The molecule has 0 fully saturated rings. The number of aromatic nitrogens is 1. The minimum atomic E-state index is -1.44. The van der Waals surface area contributed by atoms with Gasteiger partial charge in [0.1, 0.15) is 0 Å². The predicted octanol–water partition coefficient (Wildman–Crippen LogP) is 2.97. The molecule has 0 aliphatic rings. The highest BCUT2D eigenvalue weighted by Crippen LogP contribution is 2.25. The topological polar surface area (TPSA) is 79.3 Å². The van der Waals surface area contributed by atoms with E-state index in [0.717, 1.165) is 5.01 Å². The number of nitrogens with one attached hydrogen (secondary N) is 1. The quantitative estimate of drug-likeness (QED) is 0.798. The van der Waals surface area contributed by atoms with Crippen LogP contribution < -0.4 is 5.32 Å². The van der Waals surface area contributed by atoms with Gasteiger partial charge in [-0.3, -0.25) is 4.79 Å². The van der Waals surface area contributed by atoms with Crippen LogP contribution in [0.1, 0.15) is 29.6 Å². The van der Waals surface area contributed by atoms with E-state index in [2.05, 4.69) is 10.3 Å². The lowest BCUT2D eigenvalue weighted by Crippen LogP contribution is -2.51. The molecule has 0 bridgehead atoms. The molecule has 0 aliphatic carbocycles. The molecule has 2 N–H and O–H groups in total. The van der Waals surface area contributed by atoms with Crippen LogP contribution in [-0.2, 0) is 15.1 Å². The molecule has 1 unspecified atom stereocenters. The van der Waals surface area contributed by atoms with Gasteiger partial charge in [0.05, 0.1) is 10.7 Å². The van der Waals surface area contributed by atoms with Crippen LogP contribution in [0.4, 0.5) is 0 Å². The van der Waals surface area contributed by atoms with Crippen LogP contribution >= 0.6 is 11.3 Å². The Labute approximate surface area is 138 Å². The molecule has 23 heavy (non-hydrogen) atoms. The van der Waals surface area contributed by atoms with E-state index >= 15 is 0 Å². The molecule has 120 valence electrons. The first kappa shape index (κ1) is 16.9. The number of thiazole rings is 1. The van der Waals surface area contributed by atoms with Crippen LogP contribution in [0.25, 0.3) is 6.08 Å². The highest BCUT2D eigenvalue weighted by molar-refractivity contribution is 7.09. The van der Waals surface area contributed by atoms with Gasteiger partial charge in [0.2, 0.25) is 5.91 Å². The summed E-state index contributed by atoms with van der Waals surface area (Å²) in [6.07, 6.45) is 3.12. The first-order valence-electron chi connectivity index (χ1n) is 7.19. The normalized spacial score (nSPS) is 13.7. The maximum atomic E-state index is 12.2. The van der Waals surface area contributed by atoms with Crippen LogP contribution in [0, 0.1) is 6.92 Å². The Balaban J connectivity index is 2.23. The molecule has 2 aromatic rings. The lowest BCUT2D eigenvalue weighted by molar-refractivity contribution is -0.147. The van der Waals surface area contributed by atoms with Gasteiger partial charge in [-0.2, -0.15) is 0 Å².